The number of carboxylic acid groups (broad SMARTS) is 1. The molecule has 0 aromatic carbocycles. The van der Waals surface area contributed by atoms with Crippen molar-refractivity contribution in [2.45, 2.75) is 31.4 Å². The number of nitrogens with zero attached hydrogens (tertiary/aromatic N) is 2. The molecule has 1 aliphatic rings. The highest BCUT2D eigenvalue weighted by molar-refractivity contribution is 9.10. The molecule has 1 heterocycles. The summed E-state index contributed by atoms with van der Waals surface area (Å²) in [6.07, 6.45) is 3.40. The normalized spacial score (nSPS) is 25.7. The number of aromatic nitrogens is 2. The molecule has 0 amide bonds. The van der Waals surface area contributed by atoms with E-state index < -0.39 is 12.1 Å². The molecular formula is C9H11BrN2O3. The van der Waals surface area contributed by atoms with Gasteiger partial charge in [-0.3, -0.25) is 4.68 Å². The van der Waals surface area contributed by atoms with E-state index in [9.17, 15) is 9.90 Å². The number of carboxylic acids is 1. The van der Waals surface area contributed by atoms with E-state index in [1.54, 1.807) is 4.68 Å². The van der Waals surface area contributed by atoms with Crippen molar-refractivity contribution >= 4 is 21.9 Å². The summed E-state index contributed by atoms with van der Waals surface area (Å²) in [6.45, 7) is 0. The molecule has 0 bridgehead atoms. The van der Waals surface area contributed by atoms with E-state index in [4.69, 9.17) is 5.11 Å². The molecular weight excluding hydrogens is 264 g/mol. The topological polar surface area (TPSA) is 75.3 Å². The lowest BCUT2D eigenvalue weighted by molar-refractivity contribution is 0.0694. The third-order valence-electron chi connectivity index (χ3n) is 2.72. The van der Waals surface area contributed by atoms with Crippen LogP contribution >= 0.6 is 15.9 Å². The van der Waals surface area contributed by atoms with E-state index in [-0.39, 0.29) is 11.6 Å². The lowest BCUT2D eigenvalue weighted by Crippen LogP contribution is -2.19. The number of hydrogen-bond acceptors (Lipinski definition) is 3. The van der Waals surface area contributed by atoms with Crippen molar-refractivity contribution in [3.63, 3.8) is 0 Å². The van der Waals surface area contributed by atoms with Crippen LogP contribution in [-0.4, -0.2) is 32.1 Å². The Morgan fingerprint density at radius 2 is 2.33 bits per heavy atom. The van der Waals surface area contributed by atoms with Gasteiger partial charge in [0.15, 0.2) is 0 Å². The van der Waals surface area contributed by atoms with E-state index in [2.05, 4.69) is 21.0 Å². The highest BCUT2D eigenvalue weighted by atomic mass is 79.9. The van der Waals surface area contributed by atoms with Crippen LogP contribution in [0.25, 0.3) is 0 Å². The van der Waals surface area contributed by atoms with Crippen LogP contribution in [0.2, 0.25) is 0 Å². The first-order valence-electron chi connectivity index (χ1n) is 4.75. The maximum Gasteiger partial charge on any atom is 0.340 e. The molecule has 15 heavy (non-hydrogen) atoms. The van der Waals surface area contributed by atoms with Crippen LogP contribution in [0.4, 0.5) is 0 Å². The number of hydrogen-bond donors (Lipinski definition) is 2. The predicted molar refractivity (Wildman–Crippen MR) is 55.8 cm³/mol. The molecule has 2 N–H and O–H groups in total. The van der Waals surface area contributed by atoms with E-state index in [0.717, 1.165) is 19.3 Å². The number of aliphatic hydroxyl groups excluding tert-OH is 1. The quantitative estimate of drug-likeness (QED) is 0.856. The summed E-state index contributed by atoms with van der Waals surface area (Å²) in [7, 11) is 0. The lowest BCUT2D eigenvalue weighted by Gasteiger charge is -2.15. The highest BCUT2D eigenvalue weighted by Crippen LogP contribution is 2.32. The average molecular weight is 275 g/mol. The number of aromatic carboxylic acids is 1. The number of rotatable bonds is 2. The largest absolute Gasteiger partial charge is 0.478 e. The van der Waals surface area contributed by atoms with Gasteiger partial charge in [0.05, 0.1) is 18.3 Å². The molecule has 1 fully saturated rings. The Morgan fingerprint density at radius 3 is 2.80 bits per heavy atom. The Balaban J connectivity index is 2.33. The van der Waals surface area contributed by atoms with Gasteiger partial charge < -0.3 is 10.2 Å². The molecule has 2 rings (SSSR count). The molecule has 6 heteroatoms. The van der Waals surface area contributed by atoms with E-state index in [1.165, 1.54) is 6.20 Å². The van der Waals surface area contributed by atoms with Crippen molar-refractivity contribution in [1.29, 1.82) is 0 Å². The Labute approximate surface area is 94.8 Å². The van der Waals surface area contributed by atoms with Crippen molar-refractivity contribution in [2.24, 2.45) is 0 Å². The molecule has 1 aromatic heterocycles. The molecule has 0 aliphatic heterocycles. The molecule has 1 aromatic rings. The standard InChI is InChI=1S/C9H11BrN2O3/c10-8-5(9(14)15)4-11-12(8)6-2-1-3-7(6)13/h4,6-7,13H,1-3H2,(H,14,15). The Hall–Kier alpha value is -0.880. The average Bonchev–Trinajstić information content (AvgIpc) is 2.71. The van der Waals surface area contributed by atoms with Gasteiger partial charge >= 0.3 is 5.97 Å². The lowest BCUT2D eigenvalue weighted by atomic mass is 10.2. The summed E-state index contributed by atoms with van der Waals surface area (Å²) in [5.41, 5.74) is 0.133. The van der Waals surface area contributed by atoms with E-state index in [0.29, 0.717) is 4.60 Å². The van der Waals surface area contributed by atoms with Gasteiger partial charge in [-0.1, -0.05) is 0 Å². The van der Waals surface area contributed by atoms with Gasteiger partial charge in [-0.05, 0) is 35.2 Å². The molecule has 0 radical (unpaired) electrons. The van der Waals surface area contributed by atoms with Gasteiger partial charge in [-0.2, -0.15) is 5.10 Å². The third-order valence-corrected chi connectivity index (χ3v) is 3.51. The van der Waals surface area contributed by atoms with Crippen LogP contribution in [0.3, 0.4) is 0 Å². The van der Waals surface area contributed by atoms with Crippen molar-refractivity contribution in [1.82, 2.24) is 9.78 Å². The SMILES string of the molecule is O=C(O)c1cnn(C2CCCC2O)c1Br. The maximum absolute atomic E-state index is 10.8. The Kier molecular flexibility index (Phi) is 2.79. The third kappa shape index (κ3) is 1.79. The summed E-state index contributed by atoms with van der Waals surface area (Å²) >= 11 is 3.20. The summed E-state index contributed by atoms with van der Waals surface area (Å²) in [4.78, 5) is 10.8. The molecule has 82 valence electrons. The van der Waals surface area contributed by atoms with Gasteiger partial charge in [0.25, 0.3) is 0 Å². The molecule has 1 aliphatic carbocycles. The zero-order chi connectivity index (χ0) is 11.0. The monoisotopic (exact) mass is 274 g/mol. The number of aliphatic hydroxyl groups is 1. The van der Waals surface area contributed by atoms with Gasteiger partial charge in [0, 0.05) is 0 Å². The Bertz CT molecular complexity index is 391. The fourth-order valence-electron chi connectivity index (χ4n) is 1.93. The first-order valence-corrected chi connectivity index (χ1v) is 5.55. The van der Waals surface area contributed by atoms with Crippen molar-refractivity contribution in [3.05, 3.63) is 16.4 Å². The van der Waals surface area contributed by atoms with Crippen LogP contribution in [0.15, 0.2) is 10.8 Å². The van der Waals surface area contributed by atoms with E-state index in [1.807, 2.05) is 0 Å². The first kappa shape index (κ1) is 10.6. The van der Waals surface area contributed by atoms with Gasteiger partial charge in [-0.15, -0.1) is 0 Å². The van der Waals surface area contributed by atoms with Crippen LogP contribution < -0.4 is 0 Å². The smallest absolute Gasteiger partial charge is 0.340 e. The summed E-state index contributed by atoms with van der Waals surface area (Å²) in [6, 6.07) is -0.104. The molecule has 2 unspecified atom stereocenters. The maximum atomic E-state index is 10.8. The van der Waals surface area contributed by atoms with Crippen molar-refractivity contribution in [2.75, 3.05) is 0 Å². The number of carbonyl (C=O) groups is 1. The minimum absolute atomic E-state index is 0.104. The van der Waals surface area contributed by atoms with Gasteiger partial charge in [0.2, 0.25) is 0 Å². The van der Waals surface area contributed by atoms with Gasteiger partial charge in [-0.25, -0.2) is 4.79 Å². The second kappa shape index (κ2) is 3.94. The molecule has 5 nitrogen and oxygen atoms in total. The number of halogens is 1. The molecule has 0 spiro atoms. The fourth-order valence-corrected chi connectivity index (χ4v) is 2.55. The van der Waals surface area contributed by atoms with Crippen LogP contribution in [0, 0.1) is 0 Å². The van der Waals surface area contributed by atoms with Crippen LogP contribution in [0.1, 0.15) is 35.7 Å². The molecule has 0 saturated heterocycles. The van der Waals surface area contributed by atoms with Crippen molar-refractivity contribution in [3.8, 4) is 0 Å². The zero-order valence-corrected chi connectivity index (χ0v) is 9.51. The zero-order valence-electron chi connectivity index (χ0n) is 7.93. The van der Waals surface area contributed by atoms with Crippen molar-refractivity contribution < 1.29 is 15.0 Å². The summed E-state index contributed by atoms with van der Waals surface area (Å²) < 4.78 is 1.99. The second-order valence-corrected chi connectivity index (χ2v) is 4.42. The van der Waals surface area contributed by atoms with E-state index >= 15 is 0 Å². The second-order valence-electron chi connectivity index (χ2n) is 3.66. The molecule has 2 atom stereocenters. The highest BCUT2D eigenvalue weighted by Gasteiger charge is 2.30. The predicted octanol–water partition coefficient (Wildman–Crippen LogP) is 1.43. The van der Waals surface area contributed by atoms with Crippen LogP contribution in [0.5, 0.6) is 0 Å². The van der Waals surface area contributed by atoms with Crippen LogP contribution in [-0.2, 0) is 0 Å². The fraction of sp³-hybridized carbons (Fsp3) is 0.556. The summed E-state index contributed by atoms with van der Waals surface area (Å²) in [5, 5.41) is 22.5. The van der Waals surface area contributed by atoms with Gasteiger partial charge in [0.1, 0.15) is 10.2 Å². The minimum Gasteiger partial charge on any atom is -0.478 e. The molecule has 1 saturated carbocycles. The minimum atomic E-state index is -1.01. The first-order chi connectivity index (χ1) is 7.11. The Morgan fingerprint density at radius 1 is 1.60 bits per heavy atom. The summed E-state index contributed by atoms with van der Waals surface area (Å²) in [5.74, 6) is -1.01.